The van der Waals surface area contributed by atoms with Gasteiger partial charge < -0.3 is 9.32 Å². The van der Waals surface area contributed by atoms with Crippen LogP contribution in [0.5, 0.6) is 0 Å². The summed E-state index contributed by atoms with van der Waals surface area (Å²) in [6.45, 7) is 0. The van der Waals surface area contributed by atoms with E-state index < -0.39 is 0 Å². The number of carbonyl (C=O) groups is 1. The fraction of sp³-hybridized carbons (Fsp3) is 0.333. The van der Waals surface area contributed by atoms with Crippen molar-refractivity contribution in [2.45, 2.75) is 31.3 Å². The van der Waals surface area contributed by atoms with Crippen molar-refractivity contribution in [1.29, 1.82) is 0 Å². The molecule has 0 radical (unpaired) electrons. The number of nitrogens with one attached hydrogen (secondary N) is 1. The first kappa shape index (κ1) is 11.5. The molecule has 0 spiro atoms. The number of rotatable bonds is 2. The summed E-state index contributed by atoms with van der Waals surface area (Å²) >= 11 is 0. The molecule has 4 rings (SSSR count). The third-order valence-electron chi connectivity index (χ3n) is 4.13. The van der Waals surface area contributed by atoms with Crippen LogP contribution in [0.15, 0.2) is 41.0 Å². The summed E-state index contributed by atoms with van der Waals surface area (Å²) in [5, 5.41) is 7.01. The molecule has 5 nitrogen and oxygen atoms in total. The second-order valence-corrected chi connectivity index (χ2v) is 5.32. The van der Waals surface area contributed by atoms with E-state index >= 15 is 0 Å². The van der Waals surface area contributed by atoms with Gasteiger partial charge in [-0.1, -0.05) is 12.2 Å². The molecule has 1 amide bonds. The van der Waals surface area contributed by atoms with Crippen LogP contribution in [0.1, 0.15) is 29.8 Å². The molecule has 2 aromatic rings. The van der Waals surface area contributed by atoms with Gasteiger partial charge in [-0.15, -0.1) is 0 Å². The van der Waals surface area contributed by atoms with E-state index in [1.807, 2.05) is 17.0 Å². The summed E-state index contributed by atoms with van der Waals surface area (Å²) in [6.07, 6.45) is 9.03. The van der Waals surface area contributed by atoms with Crippen LogP contribution in [-0.2, 0) is 0 Å². The number of hydrogen-bond donors (Lipinski definition) is 1. The zero-order chi connectivity index (χ0) is 13.5. The van der Waals surface area contributed by atoms with Gasteiger partial charge in [0.25, 0.3) is 5.91 Å². The molecule has 0 saturated carbocycles. The second kappa shape index (κ2) is 4.37. The average molecular weight is 269 g/mol. The number of aromatic amines is 1. The molecule has 1 saturated heterocycles. The summed E-state index contributed by atoms with van der Waals surface area (Å²) in [7, 11) is 0. The van der Waals surface area contributed by atoms with Crippen LogP contribution in [0.3, 0.4) is 0 Å². The van der Waals surface area contributed by atoms with E-state index in [0.717, 1.165) is 25.0 Å². The molecule has 20 heavy (non-hydrogen) atoms. The van der Waals surface area contributed by atoms with Crippen LogP contribution < -0.4 is 0 Å². The number of amides is 1. The predicted molar refractivity (Wildman–Crippen MR) is 73.0 cm³/mol. The predicted octanol–water partition coefficient (Wildman–Crippen LogP) is 2.60. The summed E-state index contributed by atoms with van der Waals surface area (Å²) < 4.78 is 5.31. The SMILES string of the molecule is O=C(c1cc(-c2ccco2)[nH]n1)N1C2C=CCC1CC2. The second-order valence-electron chi connectivity index (χ2n) is 5.32. The monoisotopic (exact) mass is 269 g/mol. The number of hydrogen-bond acceptors (Lipinski definition) is 3. The number of aromatic nitrogens is 2. The Hall–Kier alpha value is -2.30. The lowest BCUT2D eigenvalue weighted by Crippen LogP contribution is -2.42. The highest BCUT2D eigenvalue weighted by atomic mass is 16.3. The van der Waals surface area contributed by atoms with Crippen LogP contribution in [0, 0.1) is 0 Å². The quantitative estimate of drug-likeness (QED) is 0.852. The third kappa shape index (κ3) is 1.70. The smallest absolute Gasteiger partial charge is 0.275 e. The van der Waals surface area contributed by atoms with E-state index in [9.17, 15) is 4.79 Å². The van der Waals surface area contributed by atoms with Gasteiger partial charge in [0.1, 0.15) is 5.69 Å². The van der Waals surface area contributed by atoms with Crippen LogP contribution in [0.25, 0.3) is 11.5 Å². The maximum Gasteiger partial charge on any atom is 0.275 e. The third-order valence-corrected chi connectivity index (χ3v) is 4.13. The van der Waals surface area contributed by atoms with E-state index in [0.29, 0.717) is 17.5 Å². The van der Waals surface area contributed by atoms with Crippen molar-refractivity contribution in [3.8, 4) is 11.5 Å². The van der Waals surface area contributed by atoms with Gasteiger partial charge in [0.05, 0.1) is 12.3 Å². The molecule has 2 unspecified atom stereocenters. The first-order chi connectivity index (χ1) is 9.83. The van der Waals surface area contributed by atoms with Gasteiger partial charge in [0.2, 0.25) is 0 Å². The molecule has 0 aromatic carbocycles. The molecule has 2 aliphatic rings. The van der Waals surface area contributed by atoms with Crippen molar-refractivity contribution in [1.82, 2.24) is 15.1 Å². The maximum atomic E-state index is 12.6. The van der Waals surface area contributed by atoms with Gasteiger partial charge in [-0.05, 0) is 31.4 Å². The maximum absolute atomic E-state index is 12.6. The standard InChI is InChI=1S/C15H15N3O2/c19-15(18-10-3-1-4-11(18)7-6-10)13-9-12(16-17-13)14-5-2-8-20-14/h1-3,5,8-11H,4,6-7H2,(H,16,17). The number of furan rings is 1. The Kier molecular flexibility index (Phi) is 2.52. The zero-order valence-electron chi connectivity index (χ0n) is 11.0. The van der Waals surface area contributed by atoms with Crippen molar-refractivity contribution >= 4 is 5.91 Å². The molecule has 1 N–H and O–H groups in total. The summed E-state index contributed by atoms with van der Waals surface area (Å²) in [5.41, 5.74) is 1.20. The lowest BCUT2D eigenvalue weighted by Gasteiger charge is -2.30. The molecular weight excluding hydrogens is 254 g/mol. The van der Waals surface area contributed by atoms with Gasteiger partial charge in [-0.25, -0.2) is 0 Å². The van der Waals surface area contributed by atoms with Crippen LogP contribution in [-0.4, -0.2) is 33.1 Å². The zero-order valence-corrected chi connectivity index (χ0v) is 11.0. The van der Waals surface area contributed by atoms with Crippen molar-refractivity contribution < 1.29 is 9.21 Å². The van der Waals surface area contributed by atoms with Crippen molar-refractivity contribution in [3.63, 3.8) is 0 Å². The Balaban J connectivity index is 1.62. The molecule has 0 aliphatic carbocycles. The highest BCUT2D eigenvalue weighted by molar-refractivity contribution is 5.94. The lowest BCUT2D eigenvalue weighted by molar-refractivity contribution is 0.0683. The minimum Gasteiger partial charge on any atom is -0.463 e. The molecule has 2 aliphatic heterocycles. The molecular formula is C15H15N3O2. The average Bonchev–Trinajstić information content (AvgIpc) is 3.17. The van der Waals surface area contributed by atoms with Gasteiger partial charge in [-0.2, -0.15) is 5.10 Å². The minimum absolute atomic E-state index is 0.0101. The Morgan fingerprint density at radius 2 is 2.40 bits per heavy atom. The van der Waals surface area contributed by atoms with Crippen molar-refractivity contribution in [2.75, 3.05) is 0 Å². The highest BCUT2D eigenvalue weighted by Crippen LogP contribution is 2.32. The molecule has 1 fully saturated rings. The van der Waals surface area contributed by atoms with E-state index in [4.69, 9.17) is 4.42 Å². The topological polar surface area (TPSA) is 62.1 Å². The number of carbonyl (C=O) groups excluding carboxylic acids is 1. The van der Waals surface area contributed by atoms with Gasteiger partial charge in [0.15, 0.2) is 11.5 Å². The van der Waals surface area contributed by atoms with Gasteiger partial charge in [-0.3, -0.25) is 9.89 Å². The normalized spacial score (nSPS) is 24.3. The molecule has 102 valence electrons. The van der Waals surface area contributed by atoms with Crippen molar-refractivity contribution in [3.05, 3.63) is 42.3 Å². The largest absolute Gasteiger partial charge is 0.463 e. The first-order valence-electron chi connectivity index (χ1n) is 6.91. The van der Waals surface area contributed by atoms with E-state index in [-0.39, 0.29) is 11.9 Å². The number of fused-ring (bicyclic) bond motifs is 2. The molecule has 2 aromatic heterocycles. The molecule has 2 atom stereocenters. The molecule has 5 heteroatoms. The fourth-order valence-electron chi connectivity index (χ4n) is 3.16. The van der Waals surface area contributed by atoms with E-state index in [1.165, 1.54) is 0 Å². The summed E-state index contributed by atoms with van der Waals surface area (Å²) in [4.78, 5) is 14.6. The Morgan fingerprint density at radius 1 is 1.45 bits per heavy atom. The molecule has 2 bridgehead atoms. The van der Waals surface area contributed by atoms with Gasteiger partial charge >= 0.3 is 0 Å². The first-order valence-corrected chi connectivity index (χ1v) is 6.91. The number of H-pyrrole nitrogens is 1. The fourth-order valence-corrected chi connectivity index (χ4v) is 3.16. The van der Waals surface area contributed by atoms with Crippen LogP contribution in [0.2, 0.25) is 0 Å². The summed E-state index contributed by atoms with van der Waals surface area (Å²) in [6, 6.07) is 5.99. The van der Waals surface area contributed by atoms with Crippen LogP contribution >= 0.6 is 0 Å². The number of nitrogens with zero attached hydrogens (tertiary/aromatic N) is 2. The Labute approximate surface area is 116 Å². The van der Waals surface area contributed by atoms with E-state index in [1.54, 1.807) is 12.3 Å². The summed E-state index contributed by atoms with van der Waals surface area (Å²) in [5.74, 6) is 0.703. The Morgan fingerprint density at radius 3 is 3.20 bits per heavy atom. The van der Waals surface area contributed by atoms with Crippen molar-refractivity contribution in [2.24, 2.45) is 0 Å². The van der Waals surface area contributed by atoms with E-state index in [2.05, 4.69) is 22.3 Å². The minimum atomic E-state index is 0.0101. The lowest BCUT2D eigenvalue weighted by atomic mass is 10.1. The molecule has 4 heterocycles. The Bertz CT molecular complexity index is 656. The van der Waals surface area contributed by atoms with Gasteiger partial charge in [0, 0.05) is 12.1 Å². The van der Waals surface area contributed by atoms with Crippen LogP contribution in [0.4, 0.5) is 0 Å². The highest BCUT2D eigenvalue weighted by Gasteiger charge is 2.38.